The van der Waals surface area contributed by atoms with Gasteiger partial charge in [-0.25, -0.2) is 0 Å². The van der Waals surface area contributed by atoms with E-state index < -0.39 is 0 Å². The fraction of sp³-hybridized carbons (Fsp3) is 1.00. The quantitative estimate of drug-likeness (QED) is 0.548. The standard InChI is InChI=1S/C7H18N2O/c1-6(2)3-7(9)4-10-5-8/h6-7H,3-5,8-9H2,1-2H3. The van der Waals surface area contributed by atoms with Crippen molar-refractivity contribution in [2.75, 3.05) is 13.3 Å². The predicted molar refractivity (Wildman–Crippen MR) is 42.4 cm³/mol. The van der Waals surface area contributed by atoms with E-state index >= 15 is 0 Å². The Morgan fingerprint density at radius 2 is 2.00 bits per heavy atom. The van der Waals surface area contributed by atoms with Crippen molar-refractivity contribution in [2.24, 2.45) is 17.4 Å². The average Bonchev–Trinajstić information content (AvgIpc) is 1.82. The van der Waals surface area contributed by atoms with E-state index in [9.17, 15) is 0 Å². The first-order chi connectivity index (χ1) is 4.66. The summed E-state index contributed by atoms with van der Waals surface area (Å²) in [6.07, 6.45) is 1.00. The molecule has 0 saturated carbocycles. The SMILES string of the molecule is CC(C)CC(N)COCN. The maximum Gasteiger partial charge on any atom is 0.0941 e. The molecule has 0 saturated heterocycles. The highest BCUT2D eigenvalue weighted by molar-refractivity contribution is 4.61. The van der Waals surface area contributed by atoms with Gasteiger partial charge < -0.3 is 16.2 Å². The third-order valence-corrected chi connectivity index (χ3v) is 1.22. The van der Waals surface area contributed by atoms with Gasteiger partial charge in [0, 0.05) is 6.04 Å². The van der Waals surface area contributed by atoms with Crippen LogP contribution in [0.1, 0.15) is 20.3 Å². The van der Waals surface area contributed by atoms with Crippen molar-refractivity contribution in [1.82, 2.24) is 0 Å². The summed E-state index contributed by atoms with van der Waals surface area (Å²) in [5, 5.41) is 0. The van der Waals surface area contributed by atoms with E-state index in [-0.39, 0.29) is 12.8 Å². The molecule has 0 aliphatic carbocycles. The lowest BCUT2D eigenvalue weighted by molar-refractivity contribution is 0.121. The second-order valence-corrected chi connectivity index (χ2v) is 2.93. The second kappa shape index (κ2) is 5.65. The van der Waals surface area contributed by atoms with E-state index in [2.05, 4.69) is 13.8 Å². The smallest absolute Gasteiger partial charge is 0.0941 e. The molecule has 4 N–H and O–H groups in total. The Morgan fingerprint density at radius 3 is 2.40 bits per heavy atom. The van der Waals surface area contributed by atoms with Crippen molar-refractivity contribution >= 4 is 0 Å². The summed E-state index contributed by atoms with van der Waals surface area (Å²) in [6.45, 7) is 5.13. The average molecular weight is 146 g/mol. The highest BCUT2D eigenvalue weighted by atomic mass is 16.5. The lowest BCUT2D eigenvalue weighted by Crippen LogP contribution is -2.29. The van der Waals surface area contributed by atoms with E-state index in [1.54, 1.807) is 0 Å². The van der Waals surface area contributed by atoms with Crippen LogP contribution in [-0.4, -0.2) is 19.4 Å². The molecule has 0 heterocycles. The third kappa shape index (κ3) is 6.01. The van der Waals surface area contributed by atoms with Gasteiger partial charge in [-0.15, -0.1) is 0 Å². The Labute approximate surface area is 62.7 Å². The number of rotatable bonds is 5. The van der Waals surface area contributed by atoms with Gasteiger partial charge in [-0.1, -0.05) is 13.8 Å². The molecule has 0 spiro atoms. The molecule has 0 aromatic heterocycles. The van der Waals surface area contributed by atoms with Crippen LogP contribution >= 0.6 is 0 Å². The first-order valence-corrected chi connectivity index (χ1v) is 3.70. The first-order valence-electron chi connectivity index (χ1n) is 3.70. The first kappa shape index (κ1) is 9.88. The van der Waals surface area contributed by atoms with Crippen molar-refractivity contribution in [1.29, 1.82) is 0 Å². The minimum Gasteiger partial charge on any atom is -0.365 e. The van der Waals surface area contributed by atoms with Crippen LogP contribution in [0.25, 0.3) is 0 Å². The maximum absolute atomic E-state index is 5.68. The van der Waals surface area contributed by atoms with Gasteiger partial charge in [-0.05, 0) is 12.3 Å². The number of nitrogens with two attached hydrogens (primary N) is 2. The van der Waals surface area contributed by atoms with E-state index in [1.165, 1.54) is 0 Å². The van der Waals surface area contributed by atoms with E-state index in [1.807, 2.05) is 0 Å². The minimum atomic E-state index is 0.142. The van der Waals surface area contributed by atoms with Gasteiger partial charge in [0.2, 0.25) is 0 Å². The van der Waals surface area contributed by atoms with E-state index in [4.69, 9.17) is 16.2 Å². The monoisotopic (exact) mass is 146 g/mol. The van der Waals surface area contributed by atoms with Crippen LogP contribution < -0.4 is 11.5 Å². The Bertz CT molecular complexity index is 76.0. The molecular formula is C7H18N2O. The van der Waals surface area contributed by atoms with Crippen molar-refractivity contribution in [3.63, 3.8) is 0 Å². The van der Waals surface area contributed by atoms with Gasteiger partial charge in [-0.2, -0.15) is 0 Å². The zero-order valence-electron chi connectivity index (χ0n) is 6.84. The molecule has 3 heteroatoms. The molecule has 62 valence electrons. The summed E-state index contributed by atoms with van der Waals surface area (Å²) < 4.78 is 4.95. The molecule has 0 radical (unpaired) electrons. The van der Waals surface area contributed by atoms with Gasteiger partial charge in [0.25, 0.3) is 0 Å². The molecule has 0 bridgehead atoms. The maximum atomic E-state index is 5.68. The van der Waals surface area contributed by atoms with Gasteiger partial charge in [0.1, 0.15) is 0 Å². The fourth-order valence-corrected chi connectivity index (χ4v) is 0.893. The van der Waals surface area contributed by atoms with Crippen LogP contribution in [0.3, 0.4) is 0 Å². The summed E-state index contributed by atoms with van der Waals surface area (Å²) >= 11 is 0. The Morgan fingerprint density at radius 1 is 1.40 bits per heavy atom. The number of ether oxygens (including phenoxy) is 1. The second-order valence-electron chi connectivity index (χ2n) is 2.93. The van der Waals surface area contributed by atoms with Crippen LogP contribution in [0.2, 0.25) is 0 Å². The largest absolute Gasteiger partial charge is 0.365 e. The van der Waals surface area contributed by atoms with Crippen molar-refractivity contribution in [2.45, 2.75) is 26.3 Å². The molecule has 0 aromatic rings. The van der Waals surface area contributed by atoms with Gasteiger partial charge in [0.15, 0.2) is 0 Å². The molecular weight excluding hydrogens is 128 g/mol. The van der Waals surface area contributed by atoms with E-state index in [0.717, 1.165) is 6.42 Å². The molecule has 0 aromatic carbocycles. The Balaban J connectivity index is 3.16. The van der Waals surface area contributed by atoms with Crippen LogP contribution in [0, 0.1) is 5.92 Å². The highest BCUT2D eigenvalue weighted by Gasteiger charge is 2.03. The van der Waals surface area contributed by atoms with E-state index in [0.29, 0.717) is 12.5 Å². The normalized spacial score (nSPS) is 14.1. The molecule has 10 heavy (non-hydrogen) atoms. The molecule has 0 aliphatic heterocycles. The molecule has 0 rings (SSSR count). The molecule has 3 nitrogen and oxygen atoms in total. The minimum absolute atomic E-state index is 0.142. The lowest BCUT2D eigenvalue weighted by Gasteiger charge is -2.12. The van der Waals surface area contributed by atoms with Gasteiger partial charge in [0.05, 0.1) is 13.3 Å². The van der Waals surface area contributed by atoms with Gasteiger partial charge >= 0.3 is 0 Å². The zero-order chi connectivity index (χ0) is 7.98. The highest BCUT2D eigenvalue weighted by Crippen LogP contribution is 2.01. The van der Waals surface area contributed by atoms with Gasteiger partial charge in [-0.3, -0.25) is 0 Å². The van der Waals surface area contributed by atoms with Crippen molar-refractivity contribution in [3.05, 3.63) is 0 Å². The summed E-state index contributed by atoms with van der Waals surface area (Å²) in [5.74, 6) is 0.636. The summed E-state index contributed by atoms with van der Waals surface area (Å²) in [6, 6.07) is 0.142. The van der Waals surface area contributed by atoms with Crippen LogP contribution in [0.15, 0.2) is 0 Å². The zero-order valence-corrected chi connectivity index (χ0v) is 6.84. The topological polar surface area (TPSA) is 61.3 Å². The molecule has 1 atom stereocenters. The molecule has 0 amide bonds. The molecule has 1 unspecified atom stereocenters. The van der Waals surface area contributed by atoms with Crippen LogP contribution in [0.4, 0.5) is 0 Å². The molecule has 0 fully saturated rings. The van der Waals surface area contributed by atoms with Crippen LogP contribution in [0.5, 0.6) is 0 Å². The van der Waals surface area contributed by atoms with Crippen molar-refractivity contribution in [3.8, 4) is 0 Å². The lowest BCUT2D eigenvalue weighted by atomic mass is 10.1. The summed E-state index contributed by atoms with van der Waals surface area (Å²) in [7, 11) is 0. The van der Waals surface area contributed by atoms with Crippen LogP contribution in [-0.2, 0) is 4.74 Å². The summed E-state index contributed by atoms with van der Waals surface area (Å²) in [4.78, 5) is 0. The number of hydrogen-bond donors (Lipinski definition) is 2. The number of hydrogen-bond acceptors (Lipinski definition) is 3. The van der Waals surface area contributed by atoms with Crippen molar-refractivity contribution < 1.29 is 4.74 Å². The summed E-state index contributed by atoms with van der Waals surface area (Å²) in [5.41, 5.74) is 10.8. The Hall–Kier alpha value is -0.120. The third-order valence-electron chi connectivity index (χ3n) is 1.22. The predicted octanol–water partition coefficient (Wildman–Crippen LogP) is 0.293. The fourth-order valence-electron chi connectivity index (χ4n) is 0.893. The molecule has 0 aliphatic rings. The Kier molecular flexibility index (Phi) is 5.58.